The molecule has 0 radical (unpaired) electrons. The number of piperazine rings is 1. The molecule has 0 aromatic heterocycles. The number of aryl methyl sites for hydroxylation is 1. The van der Waals surface area contributed by atoms with Gasteiger partial charge in [-0.3, -0.25) is 9.69 Å². The van der Waals surface area contributed by atoms with Crippen molar-refractivity contribution >= 4 is 16.0 Å². The molecule has 1 aliphatic heterocycles. The molecule has 1 unspecified atom stereocenters. The summed E-state index contributed by atoms with van der Waals surface area (Å²) < 4.78 is 32.1. The van der Waals surface area contributed by atoms with E-state index in [4.69, 9.17) is 4.74 Å². The number of carbonyl (C=O) groups is 1. The number of hydrogen-bond acceptors (Lipinski definition) is 6. The normalized spacial score (nSPS) is 19.7. The highest BCUT2D eigenvalue weighted by Gasteiger charge is 2.35. The van der Waals surface area contributed by atoms with Crippen LogP contribution in [0.1, 0.15) is 18.9 Å². The van der Waals surface area contributed by atoms with Crippen molar-refractivity contribution in [2.45, 2.75) is 31.2 Å². The van der Waals surface area contributed by atoms with E-state index in [2.05, 4.69) is 0 Å². The molecule has 0 aliphatic carbocycles. The molecule has 1 fully saturated rings. The van der Waals surface area contributed by atoms with Gasteiger partial charge in [0.2, 0.25) is 10.0 Å². The Morgan fingerprint density at radius 3 is 2.56 bits per heavy atom. The standard InChI is InChI=1S/C17H26N2O5S/c1-3-24-17(21)12-15-13-19(9-8-18(15)10-11-20)25(22,23)16-6-4-14(2)5-7-16/h4-7,15,20H,3,8-13H2,1-2H3. The Hall–Kier alpha value is -1.48. The number of esters is 1. The lowest BCUT2D eigenvalue weighted by Gasteiger charge is -2.40. The topological polar surface area (TPSA) is 87.2 Å². The lowest BCUT2D eigenvalue weighted by molar-refractivity contribution is -0.145. The number of aliphatic hydroxyl groups excluding tert-OH is 1. The van der Waals surface area contributed by atoms with E-state index in [0.717, 1.165) is 5.56 Å². The summed E-state index contributed by atoms with van der Waals surface area (Å²) in [4.78, 5) is 14.0. The molecule has 1 saturated heterocycles. The smallest absolute Gasteiger partial charge is 0.307 e. The molecule has 1 aliphatic rings. The van der Waals surface area contributed by atoms with Gasteiger partial charge in [-0.15, -0.1) is 0 Å². The summed E-state index contributed by atoms with van der Waals surface area (Å²) in [5.41, 5.74) is 0.993. The second-order valence-corrected chi connectivity index (χ2v) is 8.04. The molecule has 0 saturated carbocycles. The third kappa shape index (κ3) is 5.01. The fraction of sp³-hybridized carbons (Fsp3) is 0.588. The lowest BCUT2D eigenvalue weighted by Crippen LogP contribution is -2.55. The molecule has 0 spiro atoms. The van der Waals surface area contributed by atoms with Crippen LogP contribution >= 0.6 is 0 Å². The molecular formula is C17H26N2O5S. The number of rotatable bonds is 7. The van der Waals surface area contributed by atoms with Crippen molar-refractivity contribution in [3.05, 3.63) is 29.8 Å². The summed E-state index contributed by atoms with van der Waals surface area (Å²) >= 11 is 0. The summed E-state index contributed by atoms with van der Waals surface area (Å²) in [5, 5.41) is 9.21. The van der Waals surface area contributed by atoms with E-state index in [1.807, 2.05) is 11.8 Å². The Labute approximate surface area is 149 Å². The van der Waals surface area contributed by atoms with Gasteiger partial charge in [0.05, 0.1) is 24.5 Å². The molecule has 0 bridgehead atoms. The maximum absolute atomic E-state index is 12.9. The predicted octanol–water partition coefficient (Wildman–Crippen LogP) is 0.615. The van der Waals surface area contributed by atoms with Gasteiger partial charge in [0.25, 0.3) is 0 Å². The van der Waals surface area contributed by atoms with E-state index in [1.165, 1.54) is 4.31 Å². The van der Waals surface area contributed by atoms with Crippen molar-refractivity contribution in [3.63, 3.8) is 0 Å². The number of aliphatic hydroxyl groups is 1. The van der Waals surface area contributed by atoms with Crippen molar-refractivity contribution in [1.82, 2.24) is 9.21 Å². The number of hydrogen-bond donors (Lipinski definition) is 1. The molecule has 1 aromatic carbocycles. The first-order valence-electron chi connectivity index (χ1n) is 8.45. The van der Waals surface area contributed by atoms with Gasteiger partial charge in [-0.05, 0) is 26.0 Å². The van der Waals surface area contributed by atoms with Crippen molar-refractivity contribution in [3.8, 4) is 0 Å². The molecule has 0 amide bonds. The second-order valence-electron chi connectivity index (χ2n) is 6.10. The van der Waals surface area contributed by atoms with Crippen LogP contribution < -0.4 is 0 Å². The van der Waals surface area contributed by atoms with Crippen LogP contribution in [0.25, 0.3) is 0 Å². The molecule has 1 heterocycles. The fourth-order valence-electron chi connectivity index (χ4n) is 2.97. The number of nitrogens with zero attached hydrogens (tertiary/aromatic N) is 2. The Morgan fingerprint density at radius 2 is 1.96 bits per heavy atom. The van der Waals surface area contributed by atoms with Crippen molar-refractivity contribution in [1.29, 1.82) is 0 Å². The average molecular weight is 370 g/mol. The van der Waals surface area contributed by atoms with Crippen LogP contribution in [-0.4, -0.2) is 74.1 Å². The first-order valence-corrected chi connectivity index (χ1v) is 9.89. The highest BCUT2D eigenvalue weighted by atomic mass is 32.2. The number of ether oxygens (including phenoxy) is 1. The summed E-state index contributed by atoms with van der Waals surface area (Å²) in [5.74, 6) is -0.356. The van der Waals surface area contributed by atoms with Gasteiger partial charge < -0.3 is 9.84 Å². The van der Waals surface area contributed by atoms with E-state index >= 15 is 0 Å². The van der Waals surface area contributed by atoms with Gasteiger partial charge in [0.1, 0.15) is 0 Å². The SMILES string of the molecule is CCOC(=O)CC1CN(S(=O)(=O)c2ccc(C)cc2)CCN1CCO. The number of benzene rings is 1. The van der Waals surface area contributed by atoms with Gasteiger partial charge in [-0.25, -0.2) is 8.42 Å². The Morgan fingerprint density at radius 1 is 1.28 bits per heavy atom. The van der Waals surface area contributed by atoms with E-state index in [1.54, 1.807) is 31.2 Å². The zero-order chi connectivity index (χ0) is 18.4. The first kappa shape index (κ1) is 19.8. The van der Waals surface area contributed by atoms with E-state index < -0.39 is 10.0 Å². The number of carbonyl (C=O) groups excluding carboxylic acids is 1. The minimum Gasteiger partial charge on any atom is -0.466 e. The van der Waals surface area contributed by atoms with Gasteiger partial charge in [0.15, 0.2) is 0 Å². The lowest BCUT2D eigenvalue weighted by atomic mass is 10.1. The van der Waals surface area contributed by atoms with Crippen molar-refractivity contribution in [2.24, 2.45) is 0 Å². The monoisotopic (exact) mass is 370 g/mol. The largest absolute Gasteiger partial charge is 0.466 e. The number of sulfonamides is 1. The summed E-state index contributed by atoms with van der Waals surface area (Å²) in [6, 6.07) is 6.44. The second kappa shape index (κ2) is 8.75. The highest BCUT2D eigenvalue weighted by molar-refractivity contribution is 7.89. The maximum Gasteiger partial charge on any atom is 0.307 e. The average Bonchev–Trinajstić information content (AvgIpc) is 2.57. The molecular weight excluding hydrogens is 344 g/mol. The highest BCUT2D eigenvalue weighted by Crippen LogP contribution is 2.22. The maximum atomic E-state index is 12.9. The minimum absolute atomic E-state index is 0.0377. The van der Waals surface area contributed by atoms with E-state index in [-0.39, 0.29) is 43.1 Å². The minimum atomic E-state index is -3.61. The summed E-state index contributed by atoms with van der Waals surface area (Å²) in [6.45, 7) is 5.29. The molecule has 8 heteroatoms. The van der Waals surface area contributed by atoms with Crippen LogP contribution in [-0.2, 0) is 19.6 Å². The molecule has 1 atom stereocenters. The zero-order valence-corrected chi connectivity index (χ0v) is 15.5. The van der Waals surface area contributed by atoms with Crippen LogP contribution in [0.3, 0.4) is 0 Å². The van der Waals surface area contributed by atoms with Crippen molar-refractivity contribution in [2.75, 3.05) is 39.4 Å². The zero-order valence-electron chi connectivity index (χ0n) is 14.7. The molecule has 7 nitrogen and oxygen atoms in total. The summed E-state index contributed by atoms with van der Waals surface area (Å²) in [7, 11) is -3.61. The molecule has 2 rings (SSSR count). The Bertz CT molecular complexity index is 675. The Balaban J connectivity index is 2.16. The van der Waals surface area contributed by atoms with Gasteiger partial charge >= 0.3 is 5.97 Å². The van der Waals surface area contributed by atoms with Crippen LogP contribution in [0.2, 0.25) is 0 Å². The van der Waals surface area contributed by atoms with Crippen LogP contribution in [0.4, 0.5) is 0 Å². The quantitative estimate of drug-likeness (QED) is 0.708. The van der Waals surface area contributed by atoms with Crippen LogP contribution in [0.5, 0.6) is 0 Å². The number of β-amino-alcohol motifs (C(OH)–C–C–N with tert-alkyl or cyclic N) is 1. The fourth-order valence-corrected chi connectivity index (χ4v) is 4.44. The van der Waals surface area contributed by atoms with Gasteiger partial charge in [0, 0.05) is 32.2 Å². The van der Waals surface area contributed by atoms with E-state index in [0.29, 0.717) is 19.6 Å². The van der Waals surface area contributed by atoms with Gasteiger partial charge in [-0.1, -0.05) is 17.7 Å². The molecule has 140 valence electrons. The third-order valence-corrected chi connectivity index (χ3v) is 6.20. The predicted molar refractivity (Wildman–Crippen MR) is 93.6 cm³/mol. The molecule has 1 aromatic rings. The first-order chi connectivity index (χ1) is 11.9. The summed E-state index contributed by atoms with van der Waals surface area (Å²) in [6.07, 6.45) is 0.105. The van der Waals surface area contributed by atoms with Gasteiger partial charge in [-0.2, -0.15) is 4.31 Å². The Kier molecular flexibility index (Phi) is 6.95. The third-order valence-electron chi connectivity index (χ3n) is 4.32. The molecule has 1 N–H and O–H groups in total. The molecule has 25 heavy (non-hydrogen) atoms. The van der Waals surface area contributed by atoms with Crippen LogP contribution in [0.15, 0.2) is 29.2 Å². The van der Waals surface area contributed by atoms with Crippen molar-refractivity contribution < 1.29 is 23.1 Å². The van der Waals surface area contributed by atoms with Crippen LogP contribution in [0, 0.1) is 6.92 Å². The van der Waals surface area contributed by atoms with E-state index in [9.17, 15) is 18.3 Å².